The maximum Gasteiger partial charge on any atom is 0.222 e. The van der Waals surface area contributed by atoms with Gasteiger partial charge in [-0.05, 0) is 80.1 Å². The zero-order valence-corrected chi connectivity index (χ0v) is 20.3. The molecule has 1 N–H and O–H groups in total. The Morgan fingerprint density at radius 3 is 2.56 bits per heavy atom. The monoisotopic (exact) mass is 441 g/mol. The van der Waals surface area contributed by atoms with Crippen LogP contribution in [0.2, 0.25) is 0 Å². The summed E-state index contributed by atoms with van der Waals surface area (Å²) in [6.07, 6.45) is 7.78. The van der Waals surface area contributed by atoms with Crippen LogP contribution in [-0.2, 0) is 15.0 Å². The molecule has 0 radical (unpaired) electrons. The van der Waals surface area contributed by atoms with E-state index in [1.807, 2.05) is 4.90 Å². The highest BCUT2D eigenvalue weighted by atomic mass is 16.2. The number of likely N-dealkylation sites (tertiary alicyclic amines) is 2. The van der Waals surface area contributed by atoms with Crippen molar-refractivity contribution in [3.8, 4) is 0 Å². The average Bonchev–Trinajstić information content (AvgIpc) is 3.18. The maximum atomic E-state index is 12.7. The highest BCUT2D eigenvalue weighted by molar-refractivity contribution is 5.80. The Morgan fingerprint density at radius 2 is 1.88 bits per heavy atom. The van der Waals surface area contributed by atoms with Crippen LogP contribution < -0.4 is 5.32 Å². The number of benzene rings is 1. The summed E-state index contributed by atoms with van der Waals surface area (Å²) < 4.78 is 0. The van der Waals surface area contributed by atoms with Crippen LogP contribution in [0.1, 0.15) is 90.7 Å². The third-order valence-electron chi connectivity index (χ3n) is 7.93. The van der Waals surface area contributed by atoms with E-state index in [0.29, 0.717) is 24.8 Å². The number of carbonyl (C=O) groups excluding carboxylic acids is 2. The van der Waals surface area contributed by atoms with Gasteiger partial charge in [0.1, 0.15) is 0 Å². The lowest BCUT2D eigenvalue weighted by atomic mass is 9.63. The van der Waals surface area contributed by atoms with Gasteiger partial charge in [0.25, 0.3) is 0 Å². The van der Waals surface area contributed by atoms with Crippen molar-refractivity contribution in [2.45, 2.75) is 83.6 Å². The minimum Gasteiger partial charge on any atom is -0.349 e. The second-order valence-electron chi connectivity index (χ2n) is 11.4. The number of hydrogen-bond donors (Lipinski definition) is 1. The average molecular weight is 442 g/mol. The summed E-state index contributed by atoms with van der Waals surface area (Å²) in [4.78, 5) is 29.0. The van der Waals surface area contributed by atoms with Crippen LogP contribution in [0.5, 0.6) is 0 Å². The Morgan fingerprint density at radius 1 is 1.12 bits per heavy atom. The molecule has 178 valence electrons. The molecule has 1 aromatic rings. The van der Waals surface area contributed by atoms with Crippen LogP contribution in [0.15, 0.2) is 24.3 Å². The third kappa shape index (κ3) is 5.36. The molecule has 1 aromatic carbocycles. The fourth-order valence-electron chi connectivity index (χ4n) is 5.81. The molecule has 5 heteroatoms. The Kier molecular flexibility index (Phi) is 6.94. The first-order valence-corrected chi connectivity index (χ1v) is 12.6. The first kappa shape index (κ1) is 23.3. The molecule has 4 rings (SSSR count). The molecule has 2 aliphatic heterocycles. The molecule has 2 fully saturated rings. The van der Waals surface area contributed by atoms with Crippen molar-refractivity contribution in [1.82, 2.24) is 15.1 Å². The molecule has 2 heterocycles. The van der Waals surface area contributed by atoms with Gasteiger partial charge in [-0.3, -0.25) is 9.59 Å². The summed E-state index contributed by atoms with van der Waals surface area (Å²) in [6.45, 7) is 11.9. The molecule has 1 atom stereocenters. The van der Waals surface area contributed by atoms with E-state index in [2.05, 4.69) is 55.3 Å². The van der Waals surface area contributed by atoms with E-state index in [-0.39, 0.29) is 24.7 Å². The van der Waals surface area contributed by atoms with Crippen molar-refractivity contribution >= 4 is 11.8 Å². The van der Waals surface area contributed by atoms with E-state index in [0.717, 1.165) is 25.8 Å². The summed E-state index contributed by atoms with van der Waals surface area (Å²) in [5, 5.41) is 3.29. The Hall–Kier alpha value is -1.88. The summed E-state index contributed by atoms with van der Waals surface area (Å²) >= 11 is 0. The van der Waals surface area contributed by atoms with Crippen molar-refractivity contribution < 1.29 is 11.0 Å². The number of rotatable bonds is 6. The Bertz CT molecular complexity index is 827. The van der Waals surface area contributed by atoms with E-state index >= 15 is 0 Å². The highest BCUT2D eigenvalue weighted by Crippen LogP contribution is 2.48. The van der Waals surface area contributed by atoms with Gasteiger partial charge < -0.3 is 15.1 Å². The van der Waals surface area contributed by atoms with Gasteiger partial charge in [0, 0.05) is 27.4 Å². The number of fused-ring (bicyclic) bond motifs is 2. The lowest BCUT2D eigenvalue weighted by Gasteiger charge is -2.47. The molecule has 0 saturated carbocycles. The number of piperidine rings is 1. The molecule has 1 aliphatic carbocycles. The fraction of sp³-hybridized carbons (Fsp3) is 0.704. The maximum absolute atomic E-state index is 12.7. The largest absolute Gasteiger partial charge is 0.349 e. The Labute approximate surface area is 195 Å². The molecule has 32 heavy (non-hydrogen) atoms. The van der Waals surface area contributed by atoms with Gasteiger partial charge in [-0.2, -0.15) is 0 Å². The molecule has 5 nitrogen and oxygen atoms in total. The normalized spacial score (nSPS) is 23.4. The summed E-state index contributed by atoms with van der Waals surface area (Å²) in [6, 6.07) is 8.89. The van der Waals surface area contributed by atoms with E-state index in [4.69, 9.17) is 0 Å². The lowest BCUT2D eigenvalue weighted by molar-refractivity contribution is -0.128. The quantitative estimate of drug-likeness (QED) is 0.698. The van der Waals surface area contributed by atoms with Crippen LogP contribution in [-0.4, -0.2) is 54.3 Å². The molecule has 3 aliphatic rings. The molecule has 2 saturated heterocycles. The second-order valence-corrected chi connectivity index (χ2v) is 11.4. The van der Waals surface area contributed by atoms with Crippen molar-refractivity contribution in [3.05, 3.63) is 35.4 Å². The lowest BCUT2D eigenvalue weighted by Crippen LogP contribution is -2.47. The molecule has 0 bridgehead atoms. The minimum atomic E-state index is 0. The van der Waals surface area contributed by atoms with Crippen LogP contribution in [0.25, 0.3) is 0 Å². The standard InChI is InChI=1S/C27H41N3O2.H2/c1-26(2,3)13-18-29-19-14-27(15-20-29)12-10-23(21-7-4-5-8-22(21)27)28-24(31)11-17-30-16-6-9-25(30)32;/h4-5,7-8,23H,6,9-20H2,1-3H3,(H,28,31);1H/t23-;/m0./s1. The first-order chi connectivity index (χ1) is 15.3. The van der Waals surface area contributed by atoms with Crippen LogP contribution in [0.4, 0.5) is 0 Å². The molecule has 0 aromatic heterocycles. The van der Waals surface area contributed by atoms with Gasteiger partial charge in [0.15, 0.2) is 0 Å². The Balaban J connectivity index is 0.00000306. The van der Waals surface area contributed by atoms with Crippen LogP contribution >= 0.6 is 0 Å². The van der Waals surface area contributed by atoms with Crippen LogP contribution in [0.3, 0.4) is 0 Å². The fourth-order valence-corrected chi connectivity index (χ4v) is 5.81. The van der Waals surface area contributed by atoms with Crippen molar-refractivity contribution in [2.75, 3.05) is 32.7 Å². The molecule has 0 unspecified atom stereocenters. The zero-order chi connectivity index (χ0) is 22.8. The van der Waals surface area contributed by atoms with Crippen molar-refractivity contribution in [3.63, 3.8) is 0 Å². The van der Waals surface area contributed by atoms with Gasteiger partial charge in [0.2, 0.25) is 11.8 Å². The van der Waals surface area contributed by atoms with Gasteiger partial charge >= 0.3 is 0 Å². The molecular weight excluding hydrogens is 398 g/mol. The van der Waals surface area contributed by atoms with Crippen molar-refractivity contribution in [1.29, 1.82) is 0 Å². The van der Waals surface area contributed by atoms with Gasteiger partial charge in [-0.15, -0.1) is 0 Å². The number of nitrogens with one attached hydrogen (secondary N) is 1. The minimum absolute atomic E-state index is 0. The van der Waals surface area contributed by atoms with Crippen molar-refractivity contribution in [2.24, 2.45) is 5.41 Å². The van der Waals surface area contributed by atoms with E-state index in [1.165, 1.54) is 50.0 Å². The van der Waals surface area contributed by atoms with E-state index in [1.54, 1.807) is 0 Å². The van der Waals surface area contributed by atoms with E-state index < -0.39 is 0 Å². The number of amides is 2. The van der Waals surface area contributed by atoms with Gasteiger partial charge in [-0.1, -0.05) is 45.0 Å². The number of carbonyl (C=O) groups is 2. The predicted molar refractivity (Wildman–Crippen MR) is 131 cm³/mol. The highest BCUT2D eigenvalue weighted by Gasteiger charge is 2.42. The topological polar surface area (TPSA) is 52.7 Å². The first-order valence-electron chi connectivity index (χ1n) is 12.6. The van der Waals surface area contributed by atoms with Gasteiger partial charge in [-0.25, -0.2) is 0 Å². The molecular formula is C27H43N3O2. The SMILES string of the molecule is CC(C)(C)CCN1CCC2(CC[C@H](NC(=O)CCN3CCCC3=O)c3ccccc32)CC1.[HH]. The molecule has 2 amide bonds. The summed E-state index contributed by atoms with van der Waals surface area (Å²) in [5.41, 5.74) is 3.42. The van der Waals surface area contributed by atoms with Crippen LogP contribution in [0, 0.1) is 5.41 Å². The summed E-state index contributed by atoms with van der Waals surface area (Å²) in [5.74, 6) is 0.258. The van der Waals surface area contributed by atoms with Gasteiger partial charge in [0.05, 0.1) is 6.04 Å². The third-order valence-corrected chi connectivity index (χ3v) is 7.93. The summed E-state index contributed by atoms with van der Waals surface area (Å²) in [7, 11) is 0. The number of nitrogens with zero attached hydrogens (tertiary/aromatic N) is 2. The number of hydrogen-bond acceptors (Lipinski definition) is 3. The second kappa shape index (κ2) is 9.54. The molecule has 1 spiro atoms. The predicted octanol–water partition coefficient (Wildman–Crippen LogP) is 4.67. The van der Waals surface area contributed by atoms with E-state index in [9.17, 15) is 9.59 Å². The zero-order valence-electron chi connectivity index (χ0n) is 20.3. The smallest absolute Gasteiger partial charge is 0.222 e.